The molecule has 0 aliphatic carbocycles. The van der Waals surface area contributed by atoms with Crippen LogP contribution in [0.15, 0.2) is 0 Å². The van der Waals surface area contributed by atoms with Crippen molar-refractivity contribution in [3.8, 4) is 0 Å². The Morgan fingerprint density at radius 3 is 3.08 bits per heavy atom. The highest BCUT2D eigenvalue weighted by molar-refractivity contribution is 5.74. The van der Waals surface area contributed by atoms with Gasteiger partial charge in [0.25, 0.3) is 0 Å². The standard InChI is InChI=1S/C9H19N3O/c1-3-4-11-9(13)12-6-5-10-7-8(12)2/h8,10H,3-7H2,1-2H3,(H,11,13)/t8-/m0/s1. The number of carbonyl (C=O) groups is 1. The van der Waals surface area contributed by atoms with E-state index in [1.54, 1.807) is 0 Å². The summed E-state index contributed by atoms with van der Waals surface area (Å²) in [5.41, 5.74) is 0. The van der Waals surface area contributed by atoms with Crippen LogP contribution in [-0.2, 0) is 0 Å². The molecule has 4 heteroatoms. The molecule has 76 valence electrons. The maximum atomic E-state index is 11.6. The minimum atomic E-state index is 0.0795. The lowest BCUT2D eigenvalue weighted by molar-refractivity contribution is 0.164. The van der Waals surface area contributed by atoms with Gasteiger partial charge in [-0.1, -0.05) is 6.92 Å². The number of nitrogens with zero attached hydrogens (tertiary/aromatic N) is 1. The minimum Gasteiger partial charge on any atom is -0.338 e. The number of rotatable bonds is 2. The van der Waals surface area contributed by atoms with Crippen molar-refractivity contribution in [1.29, 1.82) is 0 Å². The van der Waals surface area contributed by atoms with Crippen LogP contribution < -0.4 is 10.6 Å². The summed E-state index contributed by atoms with van der Waals surface area (Å²) in [5, 5.41) is 6.15. The van der Waals surface area contributed by atoms with Crippen molar-refractivity contribution in [2.24, 2.45) is 0 Å². The van der Waals surface area contributed by atoms with Crippen molar-refractivity contribution >= 4 is 6.03 Å². The van der Waals surface area contributed by atoms with Gasteiger partial charge in [-0.3, -0.25) is 0 Å². The zero-order valence-electron chi connectivity index (χ0n) is 8.47. The Hall–Kier alpha value is -0.770. The van der Waals surface area contributed by atoms with Crippen LogP contribution in [0, 0.1) is 0 Å². The van der Waals surface area contributed by atoms with E-state index < -0.39 is 0 Å². The van der Waals surface area contributed by atoms with Gasteiger partial charge < -0.3 is 15.5 Å². The predicted molar refractivity (Wildman–Crippen MR) is 52.7 cm³/mol. The van der Waals surface area contributed by atoms with Gasteiger partial charge >= 0.3 is 6.03 Å². The largest absolute Gasteiger partial charge is 0.338 e. The summed E-state index contributed by atoms with van der Waals surface area (Å²) in [4.78, 5) is 13.4. The van der Waals surface area contributed by atoms with Gasteiger partial charge in [0.05, 0.1) is 0 Å². The number of carbonyl (C=O) groups excluding carboxylic acids is 1. The molecule has 0 aromatic carbocycles. The Kier molecular flexibility index (Phi) is 4.02. The summed E-state index contributed by atoms with van der Waals surface area (Å²) < 4.78 is 0. The molecular weight excluding hydrogens is 166 g/mol. The third kappa shape index (κ3) is 2.88. The minimum absolute atomic E-state index is 0.0795. The van der Waals surface area contributed by atoms with Crippen LogP contribution in [-0.4, -0.2) is 43.2 Å². The van der Waals surface area contributed by atoms with Crippen molar-refractivity contribution in [1.82, 2.24) is 15.5 Å². The molecule has 0 bridgehead atoms. The van der Waals surface area contributed by atoms with Crippen LogP contribution in [0.4, 0.5) is 4.79 Å². The highest BCUT2D eigenvalue weighted by atomic mass is 16.2. The fourth-order valence-corrected chi connectivity index (χ4v) is 1.48. The molecule has 1 rings (SSSR count). The van der Waals surface area contributed by atoms with Crippen molar-refractivity contribution in [2.45, 2.75) is 26.3 Å². The summed E-state index contributed by atoms with van der Waals surface area (Å²) in [6.45, 7) is 7.52. The fourth-order valence-electron chi connectivity index (χ4n) is 1.48. The maximum Gasteiger partial charge on any atom is 0.317 e. The van der Waals surface area contributed by atoms with Crippen LogP contribution in [0.2, 0.25) is 0 Å². The molecule has 1 saturated heterocycles. The van der Waals surface area contributed by atoms with Gasteiger partial charge in [0.2, 0.25) is 0 Å². The molecule has 1 atom stereocenters. The second-order valence-corrected chi connectivity index (χ2v) is 3.48. The first-order valence-electron chi connectivity index (χ1n) is 5.01. The van der Waals surface area contributed by atoms with E-state index in [1.165, 1.54) is 0 Å². The highest BCUT2D eigenvalue weighted by Gasteiger charge is 2.21. The SMILES string of the molecule is CCCNC(=O)N1CCNC[C@@H]1C. The summed E-state index contributed by atoms with van der Waals surface area (Å²) in [7, 11) is 0. The monoisotopic (exact) mass is 185 g/mol. The normalized spacial score (nSPS) is 22.9. The quantitative estimate of drug-likeness (QED) is 0.654. The van der Waals surface area contributed by atoms with Crippen LogP contribution in [0.1, 0.15) is 20.3 Å². The molecule has 4 nitrogen and oxygen atoms in total. The molecule has 1 aliphatic heterocycles. The zero-order valence-corrected chi connectivity index (χ0v) is 8.47. The lowest BCUT2D eigenvalue weighted by Gasteiger charge is -2.33. The Labute approximate surface area is 79.7 Å². The molecule has 0 spiro atoms. The molecule has 1 heterocycles. The molecular formula is C9H19N3O. The molecule has 2 N–H and O–H groups in total. The van der Waals surface area contributed by atoms with Gasteiger partial charge in [-0.25, -0.2) is 4.79 Å². The Morgan fingerprint density at radius 2 is 2.46 bits per heavy atom. The second kappa shape index (κ2) is 5.07. The topological polar surface area (TPSA) is 44.4 Å². The van der Waals surface area contributed by atoms with E-state index in [-0.39, 0.29) is 6.03 Å². The van der Waals surface area contributed by atoms with Gasteiger partial charge in [-0.15, -0.1) is 0 Å². The number of amides is 2. The third-order valence-corrected chi connectivity index (χ3v) is 2.29. The van der Waals surface area contributed by atoms with Gasteiger partial charge in [0.1, 0.15) is 0 Å². The molecule has 1 fully saturated rings. The number of urea groups is 1. The first kappa shape index (κ1) is 10.3. The molecule has 13 heavy (non-hydrogen) atoms. The van der Waals surface area contributed by atoms with E-state index in [4.69, 9.17) is 0 Å². The van der Waals surface area contributed by atoms with Crippen molar-refractivity contribution < 1.29 is 4.79 Å². The lowest BCUT2D eigenvalue weighted by atomic mass is 10.2. The average Bonchev–Trinajstić information content (AvgIpc) is 2.15. The van der Waals surface area contributed by atoms with Crippen molar-refractivity contribution in [2.75, 3.05) is 26.2 Å². The molecule has 0 aromatic heterocycles. The van der Waals surface area contributed by atoms with E-state index in [0.29, 0.717) is 6.04 Å². The zero-order chi connectivity index (χ0) is 9.68. The van der Waals surface area contributed by atoms with Crippen LogP contribution in [0.3, 0.4) is 0 Å². The highest BCUT2D eigenvalue weighted by Crippen LogP contribution is 2.01. The second-order valence-electron chi connectivity index (χ2n) is 3.48. The van der Waals surface area contributed by atoms with Crippen molar-refractivity contribution in [3.05, 3.63) is 0 Å². The molecule has 1 aliphatic rings. The van der Waals surface area contributed by atoms with E-state index in [0.717, 1.165) is 32.6 Å². The summed E-state index contributed by atoms with van der Waals surface area (Å²) in [6, 6.07) is 0.390. The average molecular weight is 185 g/mol. The van der Waals surface area contributed by atoms with Gasteiger partial charge in [0, 0.05) is 32.2 Å². The maximum absolute atomic E-state index is 11.6. The number of hydrogen-bond donors (Lipinski definition) is 2. The van der Waals surface area contributed by atoms with Crippen molar-refractivity contribution in [3.63, 3.8) is 0 Å². The molecule has 0 aromatic rings. The van der Waals surface area contributed by atoms with E-state index >= 15 is 0 Å². The van der Waals surface area contributed by atoms with E-state index in [1.807, 2.05) is 4.90 Å². The van der Waals surface area contributed by atoms with Crippen LogP contribution in [0.5, 0.6) is 0 Å². The Balaban J connectivity index is 2.35. The Morgan fingerprint density at radius 1 is 1.69 bits per heavy atom. The molecule has 2 amide bonds. The van der Waals surface area contributed by atoms with Crippen LogP contribution in [0.25, 0.3) is 0 Å². The first-order valence-corrected chi connectivity index (χ1v) is 5.01. The van der Waals surface area contributed by atoms with Gasteiger partial charge in [0.15, 0.2) is 0 Å². The first-order chi connectivity index (χ1) is 6.25. The van der Waals surface area contributed by atoms with Gasteiger partial charge in [-0.2, -0.15) is 0 Å². The number of hydrogen-bond acceptors (Lipinski definition) is 2. The smallest absolute Gasteiger partial charge is 0.317 e. The third-order valence-electron chi connectivity index (χ3n) is 2.29. The Bertz CT molecular complexity index is 172. The van der Waals surface area contributed by atoms with E-state index in [2.05, 4.69) is 24.5 Å². The lowest BCUT2D eigenvalue weighted by Crippen LogP contribution is -2.55. The van der Waals surface area contributed by atoms with Gasteiger partial charge in [-0.05, 0) is 13.3 Å². The van der Waals surface area contributed by atoms with E-state index in [9.17, 15) is 4.79 Å². The fraction of sp³-hybridized carbons (Fsp3) is 0.889. The number of piperazine rings is 1. The summed E-state index contributed by atoms with van der Waals surface area (Å²) in [6.07, 6.45) is 0.992. The van der Waals surface area contributed by atoms with Crippen LogP contribution >= 0.6 is 0 Å². The summed E-state index contributed by atoms with van der Waals surface area (Å²) in [5.74, 6) is 0. The molecule has 0 unspecified atom stereocenters. The molecule has 0 radical (unpaired) electrons. The molecule has 0 saturated carbocycles. The number of nitrogens with one attached hydrogen (secondary N) is 2. The summed E-state index contributed by atoms with van der Waals surface area (Å²) >= 11 is 0. The predicted octanol–water partition coefficient (Wildman–Crippen LogP) is 0.400.